The van der Waals surface area contributed by atoms with Crippen LogP contribution in [0.15, 0.2) is 35.4 Å². The van der Waals surface area contributed by atoms with Crippen LogP contribution in [0.2, 0.25) is 0 Å². The predicted octanol–water partition coefficient (Wildman–Crippen LogP) is 2.87. The number of nitrogens with one attached hydrogen (secondary N) is 2. The van der Waals surface area contributed by atoms with Crippen LogP contribution in [-0.4, -0.2) is 16.9 Å². The molecule has 3 nitrogen and oxygen atoms in total. The zero-order valence-electron chi connectivity index (χ0n) is 11.2. The Balaban J connectivity index is 2.53. The van der Waals surface area contributed by atoms with Gasteiger partial charge in [-0.05, 0) is 38.0 Å². The van der Waals surface area contributed by atoms with Crippen LogP contribution >= 0.6 is 12.2 Å². The van der Waals surface area contributed by atoms with Gasteiger partial charge in [-0.3, -0.25) is 5.43 Å². The summed E-state index contributed by atoms with van der Waals surface area (Å²) in [5, 5.41) is 8.03. The van der Waals surface area contributed by atoms with Gasteiger partial charge in [-0.1, -0.05) is 37.3 Å². The standard InChI is InChI=1S/C14H21N3S/c1-4-13(10-12-8-6-5-7-9-12)16-17-14(18)15-11(2)3/h5-9,11H,4,10H2,1-3H3,(H2,15,17,18)/b16-13+. The van der Waals surface area contributed by atoms with Gasteiger partial charge < -0.3 is 5.32 Å². The Morgan fingerprint density at radius 3 is 2.50 bits per heavy atom. The number of nitrogens with zero attached hydrogens (tertiary/aromatic N) is 1. The molecule has 0 spiro atoms. The van der Waals surface area contributed by atoms with Crippen LogP contribution in [-0.2, 0) is 6.42 Å². The van der Waals surface area contributed by atoms with Gasteiger partial charge in [0, 0.05) is 18.2 Å². The van der Waals surface area contributed by atoms with Gasteiger partial charge in [0.2, 0.25) is 0 Å². The van der Waals surface area contributed by atoms with Crippen molar-refractivity contribution >= 4 is 23.0 Å². The zero-order chi connectivity index (χ0) is 13.4. The maximum atomic E-state index is 5.13. The summed E-state index contributed by atoms with van der Waals surface area (Å²) >= 11 is 5.13. The average molecular weight is 263 g/mol. The van der Waals surface area contributed by atoms with Crippen molar-refractivity contribution in [2.24, 2.45) is 5.10 Å². The molecule has 0 radical (unpaired) electrons. The molecule has 0 unspecified atom stereocenters. The maximum Gasteiger partial charge on any atom is 0.187 e. The highest BCUT2D eigenvalue weighted by molar-refractivity contribution is 7.80. The number of hydrogen-bond donors (Lipinski definition) is 2. The van der Waals surface area contributed by atoms with Crippen molar-refractivity contribution in [2.45, 2.75) is 39.7 Å². The number of rotatable bonds is 5. The maximum absolute atomic E-state index is 5.13. The Bertz CT molecular complexity index is 399. The summed E-state index contributed by atoms with van der Waals surface area (Å²) in [4.78, 5) is 0. The third kappa shape index (κ3) is 5.77. The molecule has 1 aromatic rings. The first-order valence-electron chi connectivity index (χ1n) is 6.27. The predicted molar refractivity (Wildman–Crippen MR) is 81.9 cm³/mol. The van der Waals surface area contributed by atoms with E-state index in [9.17, 15) is 0 Å². The van der Waals surface area contributed by atoms with Gasteiger partial charge in [0.15, 0.2) is 5.11 Å². The average Bonchev–Trinajstić information content (AvgIpc) is 2.35. The monoisotopic (exact) mass is 263 g/mol. The molecule has 0 saturated carbocycles. The highest BCUT2D eigenvalue weighted by atomic mass is 32.1. The molecule has 0 heterocycles. The van der Waals surface area contributed by atoms with Crippen molar-refractivity contribution in [3.8, 4) is 0 Å². The smallest absolute Gasteiger partial charge is 0.187 e. The first-order valence-corrected chi connectivity index (χ1v) is 6.68. The number of hydrazone groups is 1. The fraction of sp³-hybridized carbons (Fsp3) is 0.429. The Kier molecular flexibility index (Phi) is 6.36. The number of hydrogen-bond acceptors (Lipinski definition) is 2. The zero-order valence-corrected chi connectivity index (χ0v) is 12.1. The minimum atomic E-state index is 0.319. The van der Waals surface area contributed by atoms with Gasteiger partial charge in [0.1, 0.15) is 0 Å². The van der Waals surface area contributed by atoms with Gasteiger partial charge in [0.05, 0.1) is 0 Å². The summed E-state index contributed by atoms with van der Waals surface area (Å²) in [6, 6.07) is 10.6. The molecular weight excluding hydrogens is 242 g/mol. The number of benzene rings is 1. The van der Waals surface area contributed by atoms with E-state index in [2.05, 4.69) is 34.9 Å². The molecule has 0 aliphatic heterocycles. The highest BCUT2D eigenvalue weighted by Crippen LogP contribution is 2.02. The Morgan fingerprint density at radius 1 is 1.28 bits per heavy atom. The minimum absolute atomic E-state index is 0.319. The van der Waals surface area contributed by atoms with E-state index >= 15 is 0 Å². The second kappa shape index (κ2) is 7.82. The van der Waals surface area contributed by atoms with E-state index in [1.165, 1.54) is 5.56 Å². The molecule has 2 N–H and O–H groups in total. The summed E-state index contributed by atoms with van der Waals surface area (Å²) < 4.78 is 0. The lowest BCUT2D eigenvalue weighted by Gasteiger charge is -2.11. The largest absolute Gasteiger partial charge is 0.359 e. The molecule has 0 aliphatic carbocycles. The van der Waals surface area contributed by atoms with Gasteiger partial charge in [-0.15, -0.1) is 0 Å². The second-order valence-electron chi connectivity index (χ2n) is 4.43. The van der Waals surface area contributed by atoms with E-state index in [0.29, 0.717) is 11.2 Å². The molecule has 0 atom stereocenters. The molecule has 1 aromatic carbocycles. The second-order valence-corrected chi connectivity index (χ2v) is 4.84. The van der Waals surface area contributed by atoms with Crippen molar-refractivity contribution in [2.75, 3.05) is 0 Å². The summed E-state index contributed by atoms with van der Waals surface area (Å²) in [6.07, 6.45) is 1.76. The quantitative estimate of drug-likeness (QED) is 0.487. The lowest BCUT2D eigenvalue weighted by Crippen LogP contribution is -2.37. The van der Waals surface area contributed by atoms with Gasteiger partial charge >= 0.3 is 0 Å². The third-order valence-electron chi connectivity index (χ3n) is 2.39. The van der Waals surface area contributed by atoms with Crippen LogP contribution in [0.3, 0.4) is 0 Å². The van der Waals surface area contributed by atoms with E-state index in [-0.39, 0.29) is 0 Å². The van der Waals surface area contributed by atoms with Crippen molar-refractivity contribution in [3.05, 3.63) is 35.9 Å². The molecular formula is C14H21N3S. The van der Waals surface area contributed by atoms with Crippen LogP contribution in [0.1, 0.15) is 32.8 Å². The normalized spacial score (nSPS) is 11.4. The van der Waals surface area contributed by atoms with Crippen LogP contribution in [0.5, 0.6) is 0 Å². The van der Waals surface area contributed by atoms with Crippen LogP contribution in [0, 0.1) is 0 Å². The highest BCUT2D eigenvalue weighted by Gasteiger charge is 2.00. The summed E-state index contributed by atoms with van der Waals surface area (Å²) in [7, 11) is 0. The summed E-state index contributed by atoms with van der Waals surface area (Å²) in [5.41, 5.74) is 5.25. The Morgan fingerprint density at radius 2 is 1.94 bits per heavy atom. The first kappa shape index (κ1) is 14.6. The molecule has 0 fully saturated rings. The van der Waals surface area contributed by atoms with Crippen LogP contribution < -0.4 is 10.7 Å². The lowest BCUT2D eigenvalue weighted by molar-refractivity contribution is 0.718. The number of thiocarbonyl (C=S) groups is 1. The van der Waals surface area contributed by atoms with Crippen molar-refractivity contribution in [1.29, 1.82) is 0 Å². The molecule has 0 bridgehead atoms. The van der Waals surface area contributed by atoms with Gasteiger partial charge in [0.25, 0.3) is 0 Å². The molecule has 4 heteroatoms. The topological polar surface area (TPSA) is 36.4 Å². The molecule has 0 amide bonds. The van der Waals surface area contributed by atoms with E-state index in [0.717, 1.165) is 18.6 Å². The van der Waals surface area contributed by atoms with Crippen LogP contribution in [0.4, 0.5) is 0 Å². The summed E-state index contributed by atoms with van der Waals surface area (Å²) in [6.45, 7) is 6.19. The molecule has 18 heavy (non-hydrogen) atoms. The van der Waals surface area contributed by atoms with E-state index in [4.69, 9.17) is 12.2 Å². The van der Waals surface area contributed by atoms with E-state index < -0.39 is 0 Å². The van der Waals surface area contributed by atoms with Gasteiger partial charge in [-0.25, -0.2) is 0 Å². The Labute approximate surface area is 115 Å². The fourth-order valence-electron chi connectivity index (χ4n) is 1.50. The molecule has 0 aromatic heterocycles. The van der Waals surface area contributed by atoms with E-state index in [1.54, 1.807) is 0 Å². The summed E-state index contributed by atoms with van der Waals surface area (Å²) in [5.74, 6) is 0. The van der Waals surface area contributed by atoms with Crippen LogP contribution in [0.25, 0.3) is 0 Å². The minimum Gasteiger partial charge on any atom is -0.359 e. The van der Waals surface area contributed by atoms with Gasteiger partial charge in [-0.2, -0.15) is 5.10 Å². The SMILES string of the molecule is CC/C(Cc1ccccc1)=N\NC(=S)NC(C)C. The van der Waals surface area contributed by atoms with E-state index in [1.807, 2.05) is 32.0 Å². The third-order valence-corrected chi connectivity index (χ3v) is 2.60. The fourth-order valence-corrected chi connectivity index (χ4v) is 1.78. The van der Waals surface area contributed by atoms with Crippen molar-refractivity contribution in [1.82, 2.24) is 10.7 Å². The van der Waals surface area contributed by atoms with Crippen molar-refractivity contribution < 1.29 is 0 Å². The molecule has 1 rings (SSSR count). The molecule has 0 aliphatic rings. The van der Waals surface area contributed by atoms with Crippen molar-refractivity contribution in [3.63, 3.8) is 0 Å². The Hall–Kier alpha value is -1.42. The lowest BCUT2D eigenvalue weighted by atomic mass is 10.1. The molecule has 98 valence electrons. The first-order chi connectivity index (χ1) is 8.61. The molecule has 0 saturated heterocycles.